The van der Waals surface area contributed by atoms with Crippen molar-refractivity contribution in [1.82, 2.24) is 15.1 Å². The lowest BCUT2D eigenvalue weighted by molar-refractivity contribution is -0.138. The fraction of sp³-hybridized carbons (Fsp3) is 0.444. The zero-order chi connectivity index (χ0) is 19.5. The number of nitrogens with zero attached hydrogens (tertiary/aromatic N) is 3. The molecule has 1 aromatic carbocycles. The summed E-state index contributed by atoms with van der Waals surface area (Å²) in [5.41, 5.74) is 6.92. The van der Waals surface area contributed by atoms with Crippen molar-refractivity contribution in [3.05, 3.63) is 46.8 Å². The van der Waals surface area contributed by atoms with E-state index in [2.05, 4.69) is 15.4 Å². The summed E-state index contributed by atoms with van der Waals surface area (Å²) in [5.74, 6) is 0.490. The van der Waals surface area contributed by atoms with E-state index in [0.717, 1.165) is 17.5 Å². The Morgan fingerprint density at radius 1 is 1.27 bits per heavy atom. The molecule has 1 heterocycles. The number of hydrogen-bond donors (Lipinski definition) is 2. The maximum Gasteiger partial charge on any atom is 0.416 e. The number of hydrogen-bond acceptors (Lipinski definition) is 2. The Bertz CT molecular complexity index is 791. The summed E-state index contributed by atoms with van der Waals surface area (Å²) in [6.07, 6.45) is -4.49. The van der Waals surface area contributed by atoms with Gasteiger partial charge in [0.25, 0.3) is 0 Å². The largest absolute Gasteiger partial charge is 0.416 e. The van der Waals surface area contributed by atoms with Crippen molar-refractivity contribution < 1.29 is 13.2 Å². The molecule has 0 aliphatic rings. The standard InChI is InChI=1S/C18H24F3N5/c1-11(2)9-23-17(22)24-10-14-5-6-15(8-16(14)18(19,20)21)26-13(4)7-12(3)25-26/h5-8,11H,9-10H2,1-4H3,(H3,22,23,24). The van der Waals surface area contributed by atoms with Crippen LogP contribution in [0, 0.1) is 19.8 Å². The van der Waals surface area contributed by atoms with Crippen LogP contribution in [0.25, 0.3) is 5.69 Å². The Morgan fingerprint density at radius 3 is 2.50 bits per heavy atom. The van der Waals surface area contributed by atoms with Gasteiger partial charge in [-0.15, -0.1) is 0 Å². The van der Waals surface area contributed by atoms with Crippen LogP contribution < -0.4 is 11.1 Å². The van der Waals surface area contributed by atoms with Crippen molar-refractivity contribution >= 4 is 5.96 Å². The summed E-state index contributed by atoms with van der Waals surface area (Å²) in [4.78, 5) is 4.03. The van der Waals surface area contributed by atoms with Gasteiger partial charge >= 0.3 is 6.18 Å². The van der Waals surface area contributed by atoms with Crippen LogP contribution in [-0.4, -0.2) is 22.3 Å². The van der Waals surface area contributed by atoms with Gasteiger partial charge in [0.15, 0.2) is 5.96 Å². The van der Waals surface area contributed by atoms with E-state index in [-0.39, 0.29) is 18.1 Å². The Balaban J connectivity index is 2.32. The van der Waals surface area contributed by atoms with E-state index in [0.29, 0.717) is 18.2 Å². The van der Waals surface area contributed by atoms with Crippen LogP contribution in [0.1, 0.15) is 36.4 Å². The molecule has 0 saturated heterocycles. The molecule has 0 unspecified atom stereocenters. The molecule has 0 aliphatic carbocycles. The minimum atomic E-state index is -4.49. The third kappa shape index (κ3) is 5.00. The predicted molar refractivity (Wildman–Crippen MR) is 96.2 cm³/mol. The van der Waals surface area contributed by atoms with Gasteiger partial charge in [-0.1, -0.05) is 19.9 Å². The van der Waals surface area contributed by atoms with Gasteiger partial charge in [0.05, 0.1) is 23.5 Å². The third-order valence-electron chi connectivity index (χ3n) is 3.76. The first-order valence-corrected chi connectivity index (χ1v) is 8.35. The van der Waals surface area contributed by atoms with Gasteiger partial charge in [0.1, 0.15) is 0 Å². The topological polar surface area (TPSA) is 68.2 Å². The number of nitrogens with two attached hydrogens (primary N) is 1. The molecule has 0 fully saturated rings. The lowest BCUT2D eigenvalue weighted by Gasteiger charge is -2.15. The van der Waals surface area contributed by atoms with Crippen LogP contribution in [-0.2, 0) is 12.7 Å². The second kappa shape index (κ2) is 7.80. The molecule has 0 spiro atoms. The molecular weight excluding hydrogens is 343 g/mol. The van der Waals surface area contributed by atoms with Crippen LogP contribution in [0.3, 0.4) is 0 Å². The Labute approximate surface area is 151 Å². The molecule has 2 aromatic rings. The first kappa shape index (κ1) is 19.8. The quantitative estimate of drug-likeness (QED) is 0.627. The monoisotopic (exact) mass is 367 g/mol. The Morgan fingerprint density at radius 2 is 1.96 bits per heavy atom. The van der Waals surface area contributed by atoms with Gasteiger partial charge in [-0.05, 0) is 43.5 Å². The van der Waals surface area contributed by atoms with Crippen molar-refractivity contribution in [2.24, 2.45) is 16.6 Å². The second-order valence-corrected chi connectivity index (χ2v) is 6.65. The average Bonchev–Trinajstić information content (AvgIpc) is 2.88. The van der Waals surface area contributed by atoms with Gasteiger partial charge < -0.3 is 11.1 Å². The number of rotatable bonds is 5. The summed E-state index contributed by atoms with van der Waals surface area (Å²) in [6.45, 7) is 8.05. The summed E-state index contributed by atoms with van der Waals surface area (Å²) in [6, 6.07) is 5.94. The van der Waals surface area contributed by atoms with Gasteiger partial charge in [-0.3, -0.25) is 0 Å². The lowest BCUT2D eigenvalue weighted by atomic mass is 10.1. The van der Waals surface area contributed by atoms with E-state index in [9.17, 15) is 13.2 Å². The number of benzene rings is 1. The number of guanidine groups is 1. The molecule has 3 N–H and O–H groups in total. The van der Waals surface area contributed by atoms with E-state index >= 15 is 0 Å². The number of aromatic nitrogens is 2. The van der Waals surface area contributed by atoms with Gasteiger partial charge in [-0.25, -0.2) is 9.67 Å². The Hall–Kier alpha value is -2.51. The number of aryl methyl sites for hydroxylation is 2. The highest BCUT2D eigenvalue weighted by molar-refractivity contribution is 5.77. The summed E-state index contributed by atoms with van der Waals surface area (Å²) < 4.78 is 42.0. The molecule has 2 rings (SSSR count). The van der Waals surface area contributed by atoms with E-state index < -0.39 is 11.7 Å². The first-order chi connectivity index (χ1) is 12.1. The number of nitrogens with one attached hydrogen (secondary N) is 1. The minimum absolute atomic E-state index is 0.0667. The molecule has 0 saturated carbocycles. The molecule has 26 heavy (non-hydrogen) atoms. The van der Waals surface area contributed by atoms with Crippen LogP contribution in [0.15, 0.2) is 29.3 Å². The lowest BCUT2D eigenvalue weighted by Crippen LogP contribution is -2.34. The highest BCUT2D eigenvalue weighted by Gasteiger charge is 2.33. The molecule has 5 nitrogen and oxygen atoms in total. The van der Waals surface area contributed by atoms with Gasteiger partial charge in [-0.2, -0.15) is 18.3 Å². The molecule has 1 aromatic heterocycles. The molecule has 8 heteroatoms. The molecule has 0 bridgehead atoms. The van der Waals surface area contributed by atoms with E-state index in [4.69, 9.17) is 5.73 Å². The normalized spacial score (nSPS) is 12.7. The molecule has 0 radical (unpaired) electrons. The number of alkyl halides is 3. The van der Waals surface area contributed by atoms with Gasteiger partial charge in [0, 0.05) is 12.2 Å². The van der Waals surface area contributed by atoms with E-state index in [1.54, 1.807) is 19.9 Å². The Kier molecular flexibility index (Phi) is 5.94. The minimum Gasteiger partial charge on any atom is -0.370 e. The predicted octanol–water partition coefficient (Wildman–Crippen LogP) is 3.57. The number of halogens is 3. The molecular formula is C18H24F3N5. The van der Waals surface area contributed by atoms with Crippen molar-refractivity contribution in [3.63, 3.8) is 0 Å². The molecule has 0 atom stereocenters. The zero-order valence-electron chi connectivity index (χ0n) is 15.4. The highest BCUT2D eigenvalue weighted by atomic mass is 19.4. The maximum absolute atomic E-state index is 13.5. The van der Waals surface area contributed by atoms with E-state index in [1.165, 1.54) is 10.7 Å². The molecule has 0 amide bonds. The summed E-state index contributed by atoms with van der Waals surface area (Å²) in [5, 5.41) is 7.13. The van der Waals surface area contributed by atoms with Crippen molar-refractivity contribution in [1.29, 1.82) is 0 Å². The smallest absolute Gasteiger partial charge is 0.370 e. The zero-order valence-corrected chi connectivity index (χ0v) is 15.4. The van der Waals surface area contributed by atoms with Crippen molar-refractivity contribution in [2.75, 3.05) is 6.54 Å². The summed E-state index contributed by atoms with van der Waals surface area (Å²) in [7, 11) is 0. The first-order valence-electron chi connectivity index (χ1n) is 8.35. The average molecular weight is 367 g/mol. The molecule has 0 aliphatic heterocycles. The number of aliphatic imine (C=N–C) groups is 1. The van der Waals surface area contributed by atoms with Gasteiger partial charge in [0.2, 0.25) is 0 Å². The van der Waals surface area contributed by atoms with E-state index in [1.807, 2.05) is 19.9 Å². The highest BCUT2D eigenvalue weighted by Crippen LogP contribution is 2.34. The SMILES string of the molecule is Cc1cc(C)n(-c2ccc(CN=C(N)NCC(C)C)c(C(F)(F)F)c2)n1. The van der Waals surface area contributed by atoms with Crippen LogP contribution in [0.2, 0.25) is 0 Å². The van der Waals surface area contributed by atoms with Crippen molar-refractivity contribution in [2.45, 2.75) is 40.4 Å². The second-order valence-electron chi connectivity index (χ2n) is 6.65. The van der Waals surface area contributed by atoms with Crippen LogP contribution in [0.4, 0.5) is 13.2 Å². The van der Waals surface area contributed by atoms with Crippen LogP contribution in [0.5, 0.6) is 0 Å². The summed E-state index contributed by atoms with van der Waals surface area (Å²) >= 11 is 0. The molecule has 142 valence electrons. The van der Waals surface area contributed by atoms with Crippen LogP contribution >= 0.6 is 0 Å². The van der Waals surface area contributed by atoms with Crippen molar-refractivity contribution in [3.8, 4) is 5.69 Å². The third-order valence-corrected chi connectivity index (χ3v) is 3.76. The maximum atomic E-state index is 13.5. The fourth-order valence-electron chi connectivity index (χ4n) is 2.52. The fourth-order valence-corrected chi connectivity index (χ4v) is 2.52.